The number of hydrogen-bond acceptors (Lipinski definition) is 6. The highest BCUT2D eigenvalue weighted by Gasteiger charge is 2.17. The first-order valence-corrected chi connectivity index (χ1v) is 5.81. The lowest BCUT2D eigenvalue weighted by atomic mass is 10.3. The normalized spacial score (nSPS) is 10.0. The molecule has 6 nitrogen and oxygen atoms in total. The van der Waals surface area contributed by atoms with E-state index in [1.807, 2.05) is 18.7 Å². The summed E-state index contributed by atoms with van der Waals surface area (Å²) in [6.07, 6.45) is 2.34. The highest BCUT2D eigenvalue weighted by molar-refractivity contribution is 5.75. The molecule has 1 aromatic heterocycles. The molecule has 0 bridgehead atoms. The largest absolute Gasteiger partial charge is 0.481 e. The zero-order valence-corrected chi connectivity index (χ0v) is 11.3. The Labute approximate surface area is 107 Å². The first kappa shape index (κ1) is 14.2. The molecule has 0 fully saturated rings. The van der Waals surface area contributed by atoms with Crippen LogP contribution in [0.25, 0.3) is 0 Å². The second-order valence-corrected chi connectivity index (χ2v) is 3.83. The highest BCUT2D eigenvalue weighted by Crippen LogP contribution is 2.23. The summed E-state index contributed by atoms with van der Waals surface area (Å²) in [5.74, 6) is 0.931. The lowest BCUT2D eigenvalue weighted by Gasteiger charge is -2.23. The van der Waals surface area contributed by atoms with Gasteiger partial charge in [-0.1, -0.05) is 6.92 Å². The van der Waals surface area contributed by atoms with Crippen molar-refractivity contribution in [3.63, 3.8) is 0 Å². The second-order valence-electron chi connectivity index (χ2n) is 3.83. The average molecular weight is 253 g/mol. The van der Waals surface area contributed by atoms with Gasteiger partial charge in [0, 0.05) is 6.54 Å². The number of carbonyl (C=O) groups excluding carboxylic acids is 1. The van der Waals surface area contributed by atoms with E-state index < -0.39 is 0 Å². The Kier molecular flexibility index (Phi) is 5.35. The highest BCUT2D eigenvalue weighted by atomic mass is 16.5. The minimum absolute atomic E-state index is 0.172. The zero-order valence-electron chi connectivity index (χ0n) is 11.3. The molecule has 18 heavy (non-hydrogen) atoms. The van der Waals surface area contributed by atoms with Gasteiger partial charge in [-0.3, -0.25) is 4.79 Å². The van der Waals surface area contributed by atoms with Gasteiger partial charge in [-0.2, -0.15) is 0 Å². The van der Waals surface area contributed by atoms with E-state index in [4.69, 9.17) is 4.74 Å². The number of aromatic nitrogens is 2. The molecule has 0 aromatic carbocycles. The summed E-state index contributed by atoms with van der Waals surface area (Å²) in [5, 5.41) is 0. The molecule has 0 spiro atoms. The van der Waals surface area contributed by atoms with Crippen molar-refractivity contribution in [2.45, 2.75) is 20.3 Å². The monoisotopic (exact) mass is 253 g/mol. The molecule has 0 atom stereocenters. The maximum absolute atomic E-state index is 11.4. The van der Waals surface area contributed by atoms with E-state index in [1.54, 1.807) is 7.11 Å². The van der Waals surface area contributed by atoms with Gasteiger partial charge in [0.15, 0.2) is 0 Å². The topological polar surface area (TPSA) is 64.6 Å². The van der Waals surface area contributed by atoms with Crippen molar-refractivity contribution in [2.24, 2.45) is 0 Å². The third-order valence-corrected chi connectivity index (χ3v) is 2.55. The number of carbonyl (C=O) groups is 1. The Hall–Kier alpha value is -1.85. The van der Waals surface area contributed by atoms with E-state index in [9.17, 15) is 4.79 Å². The molecule has 0 saturated carbocycles. The van der Waals surface area contributed by atoms with Gasteiger partial charge in [-0.05, 0) is 13.3 Å². The quantitative estimate of drug-likeness (QED) is 0.709. The van der Waals surface area contributed by atoms with Crippen molar-refractivity contribution in [3.8, 4) is 5.88 Å². The summed E-state index contributed by atoms with van der Waals surface area (Å²) >= 11 is 0. The SMILES string of the molecule is CCCN(CC(=O)OC)c1ncnc(OC)c1C. The second kappa shape index (κ2) is 6.78. The third kappa shape index (κ3) is 3.32. The zero-order chi connectivity index (χ0) is 13.5. The molecular weight excluding hydrogens is 234 g/mol. The molecule has 0 unspecified atom stereocenters. The number of rotatable bonds is 6. The van der Waals surface area contributed by atoms with E-state index in [2.05, 4.69) is 14.7 Å². The number of ether oxygens (including phenoxy) is 2. The first-order valence-electron chi connectivity index (χ1n) is 5.81. The predicted molar refractivity (Wildman–Crippen MR) is 67.8 cm³/mol. The van der Waals surface area contributed by atoms with Gasteiger partial charge in [0.25, 0.3) is 0 Å². The van der Waals surface area contributed by atoms with Crippen LogP contribution in [0.5, 0.6) is 5.88 Å². The lowest BCUT2D eigenvalue weighted by Crippen LogP contribution is -2.32. The summed E-state index contributed by atoms with van der Waals surface area (Å²) in [6, 6.07) is 0. The number of nitrogens with zero attached hydrogens (tertiary/aromatic N) is 3. The van der Waals surface area contributed by atoms with Gasteiger partial charge in [-0.25, -0.2) is 9.97 Å². The molecule has 1 rings (SSSR count). The molecule has 0 aliphatic rings. The number of methoxy groups -OCH3 is 2. The minimum atomic E-state index is -0.291. The van der Waals surface area contributed by atoms with Crippen molar-refractivity contribution in [2.75, 3.05) is 32.2 Å². The molecule has 0 aliphatic heterocycles. The maximum atomic E-state index is 11.4. The van der Waals surface area contributed by atoms with E-state index in [-0.39, 0.29) is 12.5 Å². The number of anilines is 1. The Morgan fingerprint density at radius 3 is 2.67 bits per heavy atom. The van der Waals surface area contributed by atoms with Crippen LogP contribution < -0.4 is 9.64 Å². The lowest BCUT2D eigenvalue weighted by molar-refractivity contribution is -0.138. The van der Waals surface area contributed by atoms with Crippen LogP contribution in [-0.4, -0.2) is 43.2 Å². The molecule has 0 N–H and O–H groups in total. The molecule has 0 aliphatic carbocycles. The van der Waals surface area contributed by atoms with Crippen molar-refractivity contribution in [1.29, 1.82) is 0 Å². The smallest absolute Gasteiger partial charge is 0.325 e. The first-order chi connectivity index (χ1) is 8.63. The Morgan fingerprint density at radius 2 is 2.11 bits per heavy atom. The van der Waals surface area contributed by atoms with E-state index in [0.29, 0.717) is 11.7 Å². The Balaban J connectivity index is 3.01. The van der Waals surface area contributed by atoms with Crippen molar-refractivity contribution in [1.82, 2.24) is 9.97 Å². The van der Waals surface area contributed by atoms with Gasteiger partial charge in [0.2, 0.25) is 5.88 Å². The summed E-state index contributed by atoms with van der Waals surface area (Å²) in [5.41, 5.74) is 0.817. The summed E-state index contributed by atoms with van der Waals surface area (Å²) in [4.78, 5) is 21.5. The average Bonchev–Trinajstić information content (AvgIpc) is 2.38. The molecule has 1 heterocycles. The van der Waals surface area contributed by atoms with Gasteiger partial charge < -0.3 is 14.4 Å². The molecule has 0 saturated heterocycles. The van der Waals surface area contributed by atoms with Crippen molar-refractivity contribution >= 4 is 11.8 Å². The molecule has 100 valence electrons. The van der Waals surface area contributed by atoms with Crippen LogP contribution in [0.4, 0.5) is 5.82 Å². The molecular formula is C12H19N3O3. The van der Waals surface area contributed by atoms with Gasteiger partial charge in [0.1, 0.15) is 18.7 Å². The molecule has 6 heteroatoms. The maximum Gasteiger partial charge on any atom is 0.325 e. The summed E-state index contributed by atoms with van der Waals surface area (Å²) < 4.78 is 9.84. The Bertz CT molecular complexity index is 410. The van der Waals surface area contributed by atoms with Crippen LogP contribution in [0, 0.1) is 6.92 Å². The van der Waals surface area contributed by atoms with Crippen LogP contribution in [-0.2, 0) is 9.53 Å². The number of esters is 1. The van der Waals surface area contributed by atoms with Gasteiger partial charge >= 0.3 is 5.97 Å². The van der Waals surface area contributed by atoms with E-state index >= 15 is 0 Å². The molecule has 0 amide bonds. The van der Waals surface area contributed by atoms with Gasteiger partial charge in [0.05, 0.1) is 19.8 Å². The van der Waals surface area contributed by atoms with Crippen LogP contribution >= 0.6 is 0 Å². The van der Waals surface area contributed by atoms with E-state index in [1.165, 1.54) is 13.4 Å². The van der Waals surface area contributed by atoms with Crippen LogP contribution in [0.3, 0.4) is 0 Å². The van der Waals surface area contributed by atoms with Crippen LogP contribution in [0.1, 0.15) is 18.9 Å². The molecule has 1 aromatic rings. The van der Waals surface area contributed by atoms with Crippen LogP contribution in [0.2, 0.25) is 0 Å². The molecule has 0 radical (unpaired) electrons. The van der Waals surface area contributed by atoms with Crippen LogP contribution in [0.15, 0.2) is 6.33 Å². The Morgan fingerprint density at radius 1 is 1.39 bits per heavy atom. The van der Waals surface area contributed by atoms with Crippen molar-refractivity contribution in [3.05, 3.63) is 11.9 Å². The van der Waals surface area contributed by atoms with Crippen molar-refractivity contribution < 1.29 is 14.3 Å². The number of hydrogen-bond donors (Lipinski definition) is 0. The standard InChI is InChI=1S/C12H19N3O3/c1-5-6-15(7-10(16)17-3)11-9(2)12(18-4)14-8-13-11/h8H,5-7H2,1-4H3. The summed E-state index contributed by atoms with van der Waals surface area (Å²) in [7, 11) is 2.93. The fourth-order valence-corrected chi connectivity index (χ4v) is 1.70. The minimum Gasteiger partial charge on any atom is -0.481 e. The van der Waals surface area contributed by atoms with Gasteiger partial charge in [-0.15, -0.1) is 0 Å². The predicted octanol–water partition coefficient (Wildman–Crippen LogP) is 1.18. The summed E-state index contributed by atoms with van der Waals surface area (Å²) in [6.45, 7) is 4.80. The fraction of sp³-hybridized carbons (Fsp3) is 0.583. The third-order valence-electron chi connectivity index (χ3n) is 2.55. The van der Waals surface area contributed by atoms with E-state index in [0.717, 1.165) is 18.5 Å². The fourth-order valence-electron chi connectivity index (χ4n) is 1.70.